The highest BCUT2D eigenvalue weighted by Crippen LogP contribution is 2.57. The van der Waals surface area contributed by atoms with Crippen LogP contribution < -0.4 is 4.90 Å². The predicted octanol–water partition coefficient (Wildman–Crippen LogP) is 14.2. The second kappa shape index (κ2) is 12.3. The van der Waals surface area contributed by atoms with E-state index in [0.717, 1.165) is 17.8 Å². The number of hydrogen-bond acceptors (Lipinski definition) is 1. The normalized spacial score (nSPS) is 21.9. The van der Waals surface area contributed by atoms with Crippen LogP contribution >= 0.6 is 0 Å². The van der Waals surface area contributed by atoms with Crippen LogP contribution in [0.4, 0.5) is 17.1 Å². The summed E-state index contributed by atoms with van der Waals surface area (Å²) >= 11 is 0. The van der Waals surface area contributed by atoms with E-state index in [-0.39, 0.29) is 5.41 Å². The zero-order chi connectivity index (χ0) is 34.1. The molecule has 0 aromatic heterocycles. The van der Waals surface area contributed by atoms with Gasteiger partial charge in [0.2, 0.25) is 0 Å². The number of rotatable bonds is 6. The maximum atomic E-state index is 2.60. The SMILES string of the molecule is CC1(C)c2ccccc2-c2ccc(N(c3ccc(C4CC5CCC4C5)cc3)c3cccc(C4CCCCC4)c3)c(-c3cccc4ccccc34)c21. The Morgan fingerprint density at radius 1 is 0.569 bits per heavy atom. The molecule has 1 heteroatoms. The highest BCUT2D eigenvalue weighted by molar-refractivity contribution is 6.05. The minimum absolute atomic E-state index is 0.157. The summed E-state index contributed by atoms with van der Waals surface area (Å²) in [5.74, 6) is 3.20. The molecule has 10 rings (SSSR count). The van der Waals surface area contributed by atoms with Crippen molar-refractivity contribution in [2.24, 2.45) is 11.8 Å². The molecule has 1 nitrogen and oxygen atoms in total. The molecule has 3 unspecified atom stereocenters. The van der Waals surface area contributed by atoms with Crippen molar-refractivity contribution in [3.8, 4) is 22.3 Å². The van der Waals surface area contributed by atoms with Gasteiger partial charge in [-0.3, -0.25) is 0 Å². The van der Waals surface area contributed by atoms with E-state index in [9.17, 15) is 0 Å². The first-order chi connectivity index (χ1) is 25.0. The van der Waals surface area contributed by atoms with Gasteiger partial charge in [0, 0.05) is 22.4 Å². The van der Waals surface area contributed by atoms with E-state index in [1.807, 2.05) is 0 Å². The van der Waals surface area contributed by atoms with Crippen molar-refractivity contribution >= 4 is 27.8 Å². The van der Waals surface area contributed by atoms with Crippen LogP contribution in [0.25, 0.3) is 33.0 Å². The number of nitrogens with zero attached hydrogens (tertiary/aromatic N) is 1. The summed E-state index contributed by atoms with van der Waals surface area (Å²) in [5.41, 5.74) is 14.9. The molecular formula is C50H49N. The topological polar surface area (TPSA) is 3.24 Å². The van der Waals surface area contributed by atoms with Crippen molar-refractivity contribution in [1.82, 2.24) is 0 Å². The Labute approximate surface area is 304 Å². The van der Waals surface area contributed by atoms with Gasteiger partial charge < -0.3 is 4.90 Å². The van der Waals surface area contributed by atoms with Crippen molar-refractivity contribution in [2.75, 3.05) is 4.90 Å². The van der Waals surface area contributed by atoms with Crippen LogP contribution in [0.15, 0.2) is 127 Å². The molecular weight excluding hydrogens is 615 g/mol. The van der Waals surface area contributed by atoms with Gasteiger partial charge in [-0.05, 0) is 136 Å². The maximum Gasteiger partial charge on any atom is 0.0543 e. The smallest absolute Gasteiger partial charge is 0.0543 e. The van der Waals surface area contributed by atoms with Crippen molar-refractivity contribution in [2.45, 2.75) is 88.9 Å². The molecule has 0 aliphatic heterocycles. The zero-order valence-corrected chi connectivity index (χ0v) is 30.2. The van der Waals surface area contributed by atoms with Gasteiger partial charge in [0.15, 0.2) is 0 Å². The monoisotopic (exact) mass is 663 g/mol. The van der Waals surface area contributed by atoms with E-state index < -0.39 is 0 Å². The van der Waals surface area contributed by atoms with Gasteiger partial charge in [-0.15, -0.1) is 0 Å². The first-order valence-corrected chi connectivity index (χ1v) is 19.8. The quantitative estimate of drug-likeness (QED) is 0.171. The maximum absolute atomic E-state index is 2.60. The number of fused-ring (bicyclic) bond motifs is 6. The largest absolute Gasteiger partial charge is 0.310 e. The number of benzene rings is 6. The molecule has 6 aromatic rings. The lowest BCUT2D eigenvalue weighted by molar-refractivity contribution is 0.420. The summed E-state index contributed by atoms with van der Waals surface area (Å²) in [5, 5.41) is 2.59. The third-order valence-electron chi connectivity index (χ3n) is 13.5. The average Bonchev–Trinajstić information content (AvgIpc) is 3.88. The molecule has 3 fully saturated rings. The number of hydrogen-bond donors (Lipinski definition) is 0. The Kier molecular flexibility index (Phi) is 7.49. The van der Waals surface area contributed by atoms with Crippen molar-refractivity contribution in [3.05, 3.63) is 150 Å². The third-order valence-corrected chi connectivity index (χ3v) is 13.5. The second-order valence-electron chi connectivity index (χ2n) is 16.7. The molecule has 4 aliphatic carbocycles. The molecule has 254 valence electrons. The van der Waals surface area contributed by atoms with Crippen LogP contribution in [0.1, 0.15) is 106 Å². The fourth-order valence-electron chi connectivity index (χ4n) is 11.1. The minimum atomic E-state index is -0.157. The molecule has 51 heavy (non-hydrogen) atoms. The summed E-state index contributed by atoms with van der Waals surface area (Å²) in [6.45, 7) is 4.88. The molecule has 0 heterocycles. The van der Waals surface area contributed by atoms with Gasteiger partial charge in [0.25, 0.3) is 0 Å². The van der Waals surface area contributed by atoms with Gasteiger partial charge in [-0.25, -0.2) is 0 Å². The average molecular weight is 664 g/mol. The molecule has 0 radical (unpaired) electrons. The molecule has 0 spiro atoms. The van der Waals surface area contributed by atoms with Crippen LogP contribution in [-0.2, 0) is 5.41 Å². The van der Waals surface area contributed by atoms with E-state index in [4.69, 9.17) is 0 Å². The Morgan fingerprint density at radius 3 is 2.16 bits per heavy atom. The lowest BCUT2D eigenvalue weighted by atomic mass is 9.77. The second-order valence-corrected chi connectivity index (χ2v) is 16.7. The Hall–Kier alpha value is -4.62. The summed E-state index contributed by atoms with van der Waals surface area (Å²) in [6.07, 6.45) is 12.3. The highest BCUT2D eigenvalue weighted by Gasteiger charge is 2.41. The van der Waals surface area contributed by atoms with Crippen LogP contribution in [0, 0.1) is 11.8 Å². The lowest BCUT2D eigenvalue weighted by Gasteiger charge is -2.33. The molecule has 2 bridgehead atoms. The van der Waals surface area contributed by atoms with E-state index in [2.05, 4.69) is 146 Å². The van der Waals surface area contributed by atoms with Crippen molar-refractivity contribution in [1.29, 1.82) is 0 Å². The standard InChI is InChI=1S/C50H49N/c1-50(2)46-21-9-8-19-42(46)44-28-29-47(48(49(44)50)43-20-11-15-35-14-6-7-18-41(35)43)51(40-17-10-16-37(32-40)34-12-4-3-5-13-34)39-26-24-36(25-27-39)45-31-33-22-23-38(45)30-33/h6-11,14-21,24-29,32-34,38,45H,3-5,12-13,22-23,30-31H2,1-2H3. The predicted molar refractivity (Wildman–Crippen MR) is 216 cm³/mol. The molecule has 6 aromatic carbocycles. The molecule has 0 amide bonds. The zero-order valence-electron chi connectivity index (χ0n) is 30.2. The third kappa shape index (κ3) is 5.10. The summed E-state index contributed by atoms with van der Waals surface area (Å²) in [4.78, 5) is 2.60. The van der Waals surface area contributed by atoms with E-state index in [0.29, 0.717) is 5.92 Å². The van der Waals surface area contributed by atoms with E-state index in [1.165, 1.54) is 125 Å². The minimum Gasteiger partial charge on any atom is -0.310 e. The summed E-state index contributed by atoms with van der Waals surface area (Å²) < 4.78 is 0. The first-order valence-electron chi connectivity index (χ1n) is 19.8. The Balaban J connectivity index is 1.22. The number of anilines is 3. The Bertz CT molecular complexity index is 2250. The summed E-state index contributed by atoms with van der Waals surface area (Å²) in [6, 6.07) is 49.2. The lowest BCUT2D eigenvalue weighted by Crippen LogP contribution is -2.19. The van der Waals surface area contributed by atoms with E-state index in [1.54, 1.807) is 5.56 Å². The van der Waals surface area contributed by atoms with Crippen molar-refractivity contribution in [3.63, 3.8) is 0 Å². The van der Waals surface area contributed by atoms with Crippen LogP contribution in [0.2, 0.25) is 0 Å². The Morgan fingerprint density at radius 2 is 1.33 bits per heavy atom. The molecule has 3 atom stereocenters. The van der Waals surface area contributed by atoms with Gasteiger partial charge in [0.1, 0.15) is 0 Å². The van der Waals surface area contributed by atoms with Crippen LogP contribution in [0.5, 0.6) is 0 Å². The summed E-state index contributed by atoms with van der Waals surface area (Å²) in [7, 11) is 0. The molecule has 0 saturated heterocycles. The van der Waals surface area contributed by atoms with Gasteiger partial charge in [0.05, 0.1) is 5.69 Å². The van der Waals surface area contributed by atoms with Crippen LogP contribution in [0.3, 0.4) is 0 Å². The van der Waals surface area contributed by atoms with Crippen molar-refractivity contribution < 1.29 is 0 Å². The van der Waals surface area contributed by atoms with Gasteiger partial charge in [-0.1, -0.05) is 137 Å². The van der Waals surface area contributed by atoms with Gasteiger partial charge >= 0.3 is 0 Å². The van der Waals surface area contributed by atoms with Crippen LogP contribution in [-0.4, -0.2) is 0 Å². The fourth-order valence-corrected chi connectivity index (χ4v) is 11.1. The molecule has 3 saturated carbocycles. The van der Waals surface area contributed by atoms with Gasteiger partial charge in [-0.2, -0.15) is 0 Å². The fraction of sp³-hybridized carbons (Fsp3) is 0.320. The first kappa shape index (κ1) is 31.1. The van der Waals surface area contributed by atoms with E-state index >= 15 is 0 Å². The molecule has 0 N–H and O–H groups in total. The molecule has 4 aliphatic rings. The highest BCUT2D eigenvalue weighted by atomic mass is 15.1.